The van der Waals surface area contributed by atoms with Crippen LogP contribution in [0.5, 0.6) is 0 Å². The summed E-state index contributed by atoms with van der Waals surface area (Å²) < 4.78 is 59.1. The lowest BCUT2D eigenvalue weighted by Crippen LogP contribution is -2.58. The first-order valence-electron chi connectivity index (χ1n) is 4.51. The Kier molecular flexibility index (Phi) is 3.62. The fourth-order valence-corrected chi connectivity index (χ4v) is 2.89. The molecular weight excluding hydrogens is 233 g/mol. The van der Waals surface area contributed by atoms with Crippen molar-refractivity contribution in [2.24, 2.45) is 5.73 Å². The molecule has 0 spiro atoms. The number of hydrogen-bond acceptors (Lipinski definition) is 3. The molecule has 1 aliphatic heterocycles. The number of hydrogen-bond donors (Lipinski definition) is 1. The molecule has 0 aromatic carbocycles. The largest absolute Gasteiger partial charge is 0.389 e. The minimum absolute atomic E-state index is 0.178. The van der Waals surface area contributed by atoms with Gasteiger partial charge in [0.15, 0.2) is 0 Å². The maximum atomic E-state index is 11.8. The summed E-state index contributed by atoms with van der Waals surface area (Å²) in [6.45, 7) is 0.433. The van der Waals surface area contributed by atoms with E-state index in [0.717, 1.165) is 4.31 Å². The Morgan fingerprint density at radius 3 is 2.27 bits per heavy atom. The van der Waals surface area contributed by atoms with E-state index in [-0.39, 0.29) is 19.1 Å². The smallest absolute Gasteiger partial charge is 0.325 e. The van der Waals surface area contributed by atoms with Crippen molar-refractivity contribution < 1.29 is 21.6 Å². The Hall–Kier alpha value is -0.340. The summed E-state index contributed by atoms with van der Waals surface area (Å²) in [6.07, 6.45) is -5.75. The summed E-state index contributed by atoms with van der Waals surface area (Å²) >= 11 is 0. The molecule has 0 atom stereocenters. The van der Waals surface area contributed by atoms with Crippen LogP contribution in [0.25, 0.3) is 0 Å². The Labute approximate surface area is 86.3 Å². The first kappa shape index (κ1) is 12.7. The van der Waals surface area contributed by atoms with Gasteiger partial charge in [0.05, 0.1) is 5.75 Å². The lowest BCUT2D eigenvalue weighted by Gasteiger charge is -2.35. The minimum Gasteiger partial charge on any atom is -0.325 e. The number of sulfonamides is 1. The van der Waals surface area contributed by atoms with E-state index in [1.165, 1.54) is 0 Å². The maximum Gasteiger partial charge on any atom is 0.389 e. The van der Waals surface area contributed by atoms with Gasteiger partial charge in [-0.25, -0.2) is 8.42 Å². The number of alkyl halides is 3. The van der Waals surface area contributed by atoms with Gasteiger partial charge in [0, 0.05) is 25.6 Å². The van der Waals surface area contributed by atoms with Gasteiger partial charge in [-0.1, -0.05) is 0 Å². The van der Waals surface area contributed by atoms with Crippen LogP contribution in [0, 0.1) is 0 Å². The van der Waals surface area contributed by atoms with Gasteiger partial charge in [-0.3, -0.25) is 0 Å². The molecule has 8 heteroatoms. The number of nitrogens with two attached hydrogens (primary N) is 1. The molecule has 1 saturated heterocycles. The van der Waals surface area contributed by atoms with Crippen LogP contribution < -0.4 is 5.73 Å². The van der Waals surface area contributed by atoms with E-state index in [4.69, 9.17) is 5.73 Å². The molecule has 0 aromatic rings. The van der Waals surface area contributed by atoms with Gasteiger partial charge in [0.25, 0.3) is 0 Å². The Bertz CT molecular complexity index is 309. The summed E-state index contributed by atoms with van der Waals surface area (Å²) in [5.41, 5.74) is 5.38. The molecule has 1 rings (SSSR count). The molecule has 15 heavy (non-hydrogen) atoms. The van der Waals surface area contributed by atoms with Crippen molar-refractivity contribution in [2.75, 3.05) is 18.8 Å². The topological polar surface area (TPSA) is 63.4 Å². The van der Waals surface area contributed by atoms with E-state index in [1.54, 1.807) is 0 Å². The van der Waals surface area contributed by atoms with Crippen LogP contribution in [-0.4, -0.2) is 43.8 Å². The molecule has 1 fully saturated rings. The minimum atomic E-state index is -4.29. The van der Waals surface area contributed by atoms with Crippen molar-refractivity contribution in [1.29, 1.82) is 0 Å². The van der Waals surface area contributed by atoms with E-state index < -0.39 is 34.8 Å². The Morgan fingerprint density at radius 2 is 1.87 bits per heavy atom. The molecule has 0 saturated carbocycles. The zero-order chi connectivity index (χ0) is 11.7. The molecule has 90 valence electrons. The first-order valence-corrected chi connectivity index (χ1v) is 6.12. The van der Waals surface area contributed by atoms with Crippen LogP contribution in [0.15, 0.2) is 0 Å². The van der Waals surface area contributed by atoms with Crippen LogP contribution >= 0.6 is 0 Å². The van der Waals surface area contributed by atoms with Crippen molar-refractivity contribution >= 4 is 10.0 Å². The number of rotatable bonds is 4. The van der Waals surface area contributed by atoms with Crippen molar-refractivity contribution in [2.45, 2.75) is 25.1 Å². The lowest BCUT2D eigenvalue weighted by molar-refractivity contribution is -0.134. The molecule has 2 N–H and O–H groups in total. The van der Waals surface area contributed by atoms with Gasteiger partial charge in [0.2, 0.25) is 10.0 Å². The quantitative estimate of drug-likeness (QED) is 0.776. The standard InChI is InChI=1S/C7H13F3N2O2S/c8-7(9,10)2-1-3-15(13,14)12-4-6(11)5-12/h6H,1-5,11H2. The average molecular weight is 246 g/mol. The highest BCUT2D eigenvalue weighted by Gasteiger charge is 2.34. The normalized spacial score (nSPS) is 20.3. The van der Waals surface area contributed by atoms with Gasteiger partial charge < -0.3 is 5.73 Å². The van der Waals surface area contributed by atoms with E-state index in [2.05, 4.69) is 0 Å². The van der Waals surface area contributed by atoms with Crippen molar-refractivity contribution in [3.8, 4) is 0 Å². The van der Waals surface area contributed by atoms with E-state index >= 15 is 0 Å². The SMILES string of the molecule is NC1CN(S(=O)(=O)CCCC(F)(F)F)C1. The molecular formula is C7H13F3N2O2S. The van der Waals surface area contributed by atoms with Crippen LogP contribution in [0.3, 0.4) is 0 Å². The van der Waals surface area contributed by atoms with Gasteiger partial charge in [-0.05, 0) is 6.42 Å². The van der Waals surface area contributed by atoms with E-state index in [9.17, 15) is 21.6 Å². The van der Waals surface area contributed by atoms with Crippen molar-refractivity contribution in [3.05, 3.63) is 0 Å². The molecule has 4 nitrogen and oxygen atoms in total. The predicted molar refractivity (Wildman–Crippen MR) is 48.6 cm³/mol. The molecule has 1 heterocycles. The monoisotopic (exact) mass is 246 g/mol. The molecule has 0 bridgehead atoms. The van der Waals surface area contributed by atoms with Crippen molar-refractivity contribution in [1.82, 2.24) is 4.31 Å². The van der Waals surface area contributed by atoms with Crippen LogP contribution in [0.4, 0.5) is 13.2 Å². The first-order chi connectivity index (χ1) is 6.71. The molecule has 0 aliphatic carbocycles. The van der Waals surface area contributed by atoms with Crippen LogP contribution in [0.1, 0.15) is 12.8 Å². The third-order valence-electron chi connectivity index (χ3n) is 2.13. The fraction of sp³-hybridized carbons (Fsp3) is 1.00. The zero-order valence-corrected chi connectivity index (χ0v) is 8.81. The summed E-state index contributed by atoms with van der Waals surface area (Å²) in [6, 6.07) is -0.178. The predicted octanol–water partition coefficient (Wildman–Crippen LogP) is 0.302. The second kappa shape index (κ2) is 4.26. The molecule has 0 radical (unpaired) electrons. The third kappa shape index (κ3) is 3.96. The fourth-order valence-electron chi connectivity index (χ4n) is 1.28. The summed E-state index contributed by atoms with van der Waals surface area (Å²) in [7, 11) is -3.53. The van der Waals surface area contributed by atoms with Crippen LogP contribution in [0.2, 0.25) is 0 Å². The Balaban J connectivity index is 2.32. The van der Waals surface area contributed by atoms with Gasteiger partial charge in [0.1, 0.15) is 0 Å². The summed E-state index contributed by atoms with van der Waals surface area (Å²) in [5, 5.41) is 0. The zero-order valence-electron chi connectivity index (χ0n) is 8.00. The van der Waals surface area contributed by atoms with Gasteiger partial charge in [-0.15, -0.1) is 0 Å². The highest BCUT2D eigenvalue weighted by Crippen LogP contribution is 2.22. The maximum absolute atomic E-state index is 11.8. The average Bonchev–Trinajstić information content (AvgIpc) is 1.95. The highest BCUT2D eigenvalue weighted by atomic mass is 32.2. The summed E-state index contributed by atoms with van der Waals surface area (Å²) in [4.78, 5) is 0. The number of halogens is 3. The second-order valence-corrected chi connectivity index (χ2v) is 5.70. The summed E-state index contributed by atoms with van der Waals surface area (Å²) in [5.74, 6) is -0.459. The molecule has 1 aliphatic rings. The van der Waals surface area contributed by atoms with E-state index in [0.29, 0.717) is 0 Å². The molecule has 0 unspecified atom stereocenters. The van der Waals surface area contributed by atoms with Gasteiger partial charge >= 0.3 is 6.18 Å². The van der Waals surface area contributed by atoms with E-state index in [1.807, 2.05) is 0 Å². The van der Waals surface area contributed by atoms with Crippen LogP contribution in [-0.2, 0) is 10.0 Å². The molecule has 0 amide bonds. The Morgan fingerprint density at radius 1 is 1.33 bits per heavy atom. The van der Waals surface area contributed by atoms with Crippen molar-refractivity contribution in [3.63, 3.8) is 0 Å². The lowest BCUT2D eigenvalue weighted by atomic mass is 10.2. The molecule has 0 aromatic heterocycles. The second-order valence-electron chi connectivity index (χ2n) is 3.61. The third-order valence-corrected chi connectivity index (χ3v) is 4.02. The highest BCUT2D eigenvalue weighted by molar-refractivity contribution is 7.89. The number of nitrogens with zero attached hydrogens (tertiary/aromatic N) is 1. The van der Waals surface area contributed by atoms with Gasteiger partial charge in [-0.2, -0.15) is 17.5 Å².